The summed E-state index contributed by atoms with van der Waals surface area (Å²) < 4.78 is 4.87. The van der Waals surface area contributed by atoms with E-state index in [0.29, 0.717) is 6.07 Å². The Bertz CT molecular complexity index is 448. The van der Waals surface area contributed by atoms with Gasteiger partial charge in [0.2, 0.25) is 5.75 Å². The van der Waals surface area contributed by atoms with Crippen LogP contribution in [-0.4, -0.2) is 21.6 Å². The molecule has 9 nitrogen and oxygen atoms in total. The van der Waals surface area contributed by atoms with Gasteiger partial charge >= 0.3 is 11.4 Å². The van der Waals surface area contributed by atoms with Gasteiger partial charge in [-0.15, -0.1) is 0 Å². The fourth-order valence-corrected chi connectivity index (χ4v) is 1.22. The molecule has 0 aliphatic heterocycles. The van der Waals surface area contributed by atoms with Crippen LogP contribution >= 0.6 is 0 Å². The monoisotopic (exact) mass is 243 g/mol. The first-order valence-electron chi connectivity index (χ1n) is 4.47. The third-order valence-corrected chi connectivity index (χ3v) is 1.93. The molecule has 0 bridgehead atoms. The molecule has 0 unspecified atom stereocenters. The van der Waals surface area contributed by atoms with Crippen LogP contribution in [0.2, 0.25) is 0 Å². The zero-order valence-corrected chi connectivity index (χ0v) is 8.74. The fraction of sp³-hybridized carbons (Fsp3) is 0.250. The zero-order valence-electron chi connectivity index (χ0n) is 8.74. The van der Waals surface area contributed by atoms with Crippen LogP contribution in [0.1, 0.15) is 6.92 Å². The molecule has 0 aliphatic carbocycles. The summed E-state index contributed by atoms with van der Waals surface area (Å²) in [5.74, 6) is -1.27. The molecule has 3 N–H and O–H groups in total. The minimum atomic E-state index is -0.954. The first-order valence-corrected chi connectivity index (χ1v) is 4.47. The van der Waals surface area contributed by atoms with Crippen LogP contribution in [0.25, 0.3) is 0 Å². The van der Waals surface area contributed by atoms with Crippen LogP contribution in [0, 0.1) is 20.2 Å². The largest absolute Gasteiger partial charge is 0.499 e. The third kappa shape index (κ3) is 2.17. The number of hydrogen-bond donors (Lipinski definition) is 2. The Morgan fingerprint density at radius 2 is 1.88 bits per heavy atom. The second-order valence-electron chi connectivity index (χ2n) is 2.95. The number of nitro groups is 2. The van der Waals surface area contributed by atoms with Crippen LogP contribution in [0.4, 0.5) is 17.1 Å². The lowest BCUT2D eigenvalue weighted by molar-refractivity contribution is -0.394. The molecule has 0 aliphatic rings. The quantitative estimate of drug-likeness (QED) is 0.459. The van der Waals surface area contributed by atoms with Crippen LogP contribution in [0.15, 0.2) is 6.07 Å². The Labute approximate surface area is 94.7 Å². The third-order valence-electron chi connectivity index (χ3n) is 1.93. The summed E-state index contributed by atoms with van der Waals surface area (Å²) >= 11 is 0. The Morgan fingerprint density at radius 1 is 1.35 bits per heavy atom. The maximum absolute atomic E-state index is 10.6. The number of nitrogens with two attached hydrogens (primary N) is 1. The molecule has 0 atom stereocenters. The number of rotatable bonds is 4. The Balaban J connectivity index is 3.57. The van der Waals surface area contributed by atoms with Crippen LogP contribution in [-0.2, 0) is 0 Å². The molecule has 92 valence electrons. The van der Waals surface area contributed by atoms with Crippen LogP contribution in [0.3, 0.4) is 0 Å². The lowest BCUT2D eigenvalue weighted by atomic mass is 10.2. The number of phenolic OH excluding ortho intramolecular Hbond substituents is 1. The van der Waals surface area contributed by atoms with Crippen molar-refractivity contribution in [3.63, 3.8) is 0 Å². The zero-order chi connectivity index (χ0) is 13.2. The SMILES string of the molecule is CCOc1c(N)c([N+](=O)[O-])cc([N+](=O)[O-])c1O. The lowest BCUT2D eigenvalue weighted by Crippen LogP contribution is -2.03. The van der Waals surface area contributed by atoms with Gasteiger partial charge in [0.15, 0.2) is 11.4 Å². The lowest BCUT2D eigenvalue weighted by Gasteiger charge is -2.09. The average Bonchev–Trinajstić information content (AvgIpc) is 2.23. The Kier molecular flexibility index (Phi) is 3.31. The van der Waals surface area contributed by atoms with E-state index in [1.807, 2.05) is 0 Å². The number of hydrogen-bond acceptors (Lipinski definition) is 7. The number of phenols is 1. The van der Waals surface area contributed by atoms with Gasteiger partial charge in [-0.3, -0.25) is 20.2 Å². The van der Waals surface area contributed by atoms with Gasteiger partial charge in [0.25, 0.3) is 0 Å². The highest BCUT2D eigenvalue weighted by molar-refractivity contribution is 5.77. The molecule has 1 rings (SSSR count). The summed E-state index contributed by atoms with van der Waals surface area (Å²) in [7, 11) is 0. The van der Waals surface area contributed by atoms with Crippen molar-refractivity contribution in [1.29, 1.82) is 0 Å². The van der Waals surface area contributed by atoms with E-state index in [2.05, 4.69) is 0 Å². The van der Waals surface area contributed by atoms with Gasteiger partial charge in [-0.05, 0) is 6.92 Å². The van der Waals surface area contributed by atoms with Crippen molar-refractivity contribution >= 4 is 17.1 Å². The van der Waals surface area contributed by atoms with E-state index in [1.165, 1.54) is 0 Å². The standard InChI is InChI=1S/C8H9N3O6/c1-2-17-8-6(9)4(10(13)14)3-5(7(8)12)11(15)16/h3,12H,2,9H2,1H3. The topological polar surface area (TPSA) is 142 Å². The van der Waals surface area contributed by atoms with Crippen molar-refractivity contribution in [3.8, 4) is 11.5 Å². The van der Waals surface area contributed by atoms with E-state index in [4.69, 9.17) is 10.5 Å². The normalized spacial score (nSPS) is 9.94. The summed E-state index contributed by atoms with van der Waals surface area (Å²) in [6.45, 7) is 1.60. The number of anilines is 1. The van der Waals surface area contributed by atoms with Gasteiger partial charge in [0.05, 0.1) is 16.5 Å². The summed E-state index contributed by atoms with van der Waals surface area (Å²) in [6.07, 6.45) is 0. The number of ether oxygens (including phenoxy) is 1. The van der Waals surface area contributed by atoms with E-state index in [1.54, 1.807) is 6.92 Å². The number of nitrogen functional groups attached to an aromatic ring is 1. The van der Waals surface area contributed by atoms with Crippen molar-refractivity contribution in [2.45, 2.75) is 6.92 Å². The van der Waals surface area contributed by atoms with Gasteiger partial charge in [0.1, 0.15) is 6.07 Å². The van der Waals surface area contributed by atoms with Crippen molar-refractivity contribution in [1.82, 2.24) is 0 Å². The summed E-state index contributed by atoms with van der Waals surface area (Å²) in [4.78, 5) is 19.4. The van der Waals surface area contributed by atoms with Crippen LogP contribution < -0.4 is 10.5 Å². The minimum absolute atomic E-state index is 0.0517. The highest BCUT2D eigenvalue weighted by Crippen LogP contribution is 2.45. The van der Waals surface area contributed by atoms with Crippen LogP contribution in [0.5, 0.6) is 11.5 Å². The molecule has 0 heterocycles. The van der Waals surface area contributed by atoms with E-state index in [-0.39, 0.29) is 6.61 Å². The highest BCUT2D eigenvalue weighted by atomic mass is 16.6. The van der Waals surface area contributed by atoms with Crippen molar-refractivity contribution in [3.05, 3.63) is 26.3 Å². The molecule has 0 saturated heterocycles. The molecular formula is C8H9N3O6. The van der Waals surface area contributed by atoms with Gasteiger partial charge in [0, 0.05) is 0 Å². The second-order valence-corrected chi connectivity index (χ2v) is 2.95. The predicted octanol–water partition coefficient (Wildman–Crippen LogP) is 1.19. The highest BCUT2D eigenvalue weighted by Gasteiger charge is 2.29. The fourth-order valence-electron chi connectivity index (χ4n) is 1.22. The molecule has 0 saturated carbocycles. The van der Waals surface area contributed by atoms with E-state index >= 15 is 0 Å². The van der Waals surface area contributed by atoms with E-state index in [0.717, 1.165) is 0 Å². The molecule has 0 spiro atoms. The van der Waals surface area contributed by atoms with Gasteiger partial charge in [-0.25, -0.2) is 0 Å². The molecular weight excluding hydrogens is 234 g/mol. The molecule has 0 aromatic heterocycles. The van der Waals surface area contributed by atoms with Crippen molar-refractivity contribution < 1.29 is 19.7 Å². The van der Waals surface area contributed by atoms with Crippen molar-refractivity contribution in [2.24, 2.45) is 0 Å². The van der Waals surface area contributed by atoms with E-state index in [9.17, 15) is 25.3 Å². The van der Waals surface area contributed by atoms with E-state index < -0.39 is 38.4 Å². The first-order chi connectivity index (χ1) is 7.90. The van der Waals surface area contributed by atoms with Gasteiger partial charge < -0.3 is 15.6 Å². The summed E-state index contributed by atoms with van der Waals surface area (Å²) in [6, 6.07) is 0.590. The van der Waals surface area contributed by atoms with Gasteiger partial charge in [-0.2, -0.15) is 0 Å². The number of nitrogens with zero attached hydrogens (tertiary/aromatic N) is 2. The number of aromatic hydroxyl groups is 1. The maximum atomic E-state index is 10.6. The first kappa shape index (κ1) is 12.5. The molecule has 0 amide bonds. The average molecular weight is 243 g/mol. The summed E-state index contributed by atoms with van der Waals surface area (Å²) in [5, 5.41) is 30.7. The molecule has 17 heavy (non-hydrogen) atoms. The number of benzene rings is 1. The molecule has 1 aromatic carbocycles. The van der Waals surface area contributed by atoms with Crippen molar-refractivity contribution in [2.75, 3.05) is 12.3 Å². The Morgan fingerprint density at radius 3 is 2.29 bits per heavy atom. The maximum Gasteiger partial charge on any atom is 0.321 e. The molecule has 0 radical (unpaired) electrons. The smallest absolute Gasteiger partial charge is 0.321 e. The predicted molar refractivity (Wildman–Crippen MR) is 57.0 cm³/mol. The molecule has 1 aromatic rings. The minimum Gasteiger partial charge on any atom is -0.499 e. The second kappa shape index (κ2) is 4.51. The Hall–Kier alpha value is -2.58. The number of nitro benzene ring substituents is 2. The summed E-state index contributed by atoms with van der Waals surface area (Å²) in [5.41, 5.74) is 3.44. The molecule has 0 fully saturated rings. The van der Waals surface area contributed by atoms with Gasteiger partial charge in [-0.1, -0.05) is 0 Å². The molecule has 9 heteroatoms.